The second kappa shape index (κ2) is 8.36. The highest BCUT2D eigenvalue weighted by atomic mass is 79.9. The van der Waals surface area contributed by atoms with Crippen molar-refractivity contribution < 1.29 is 9.21 Å². The standard InChI is InChI=1S/C19H17BrN2O2S/c1-25-17-8-3-2-7-15(17)22-18(23)9-10-19-21-12-16(24-19)13-5-4-6-14(20)11-13/h2-8,11-12H,9-10H2,1H3,(H,22,23). The average molecular weight is 417 g/mol. The number of carbonyl (C=O) groups is 1. The van der Waals surface area contributed by atoms with Gasteiger partial charge in [0.15, 0.2) is 11.7 Å². The molecule has 0 spiro atoms. The molecule has 0 atom stereocenters. The average Bonchev–Trinajstić information content (AvgIpc) is 3.09. The van der Waals surface area contributed by atoms with Crippen LogP contribution in [0.4, 0.5) is 5.69 Å². The number of amides is 1. The van der Waals surface area contributed by atoms with E-state index in [-0.39, 0.29) is 5.91 Å². The van der Waals surface area contributed by atoms with Crippen LogP contribution in [0.3, 0.4) is 0 Å². The molecule has 1 aromatic heterocycles. The van der Waals surface area contributed by atoms with Crippen molar-refractivity contribution in [3.05, 3.63) is 65.1 Å². The Hall–Kier alpha value is -2.05. The Labute approximate surface area is 159 Å². The summed E-state index contributed by atoms with van der Waals surface area (Å²) in [5.41, 5.74) is 1.79. The van der Waals surface area contributed by atoms with Crippen LogP contribution in [0.25, 0.3) is 11.3 Å². The molecule has 0 aliphatic heterocycles. The summed E-state index contributed by atoms with van der Waals surface area (Å²) >= 11 is 5.05. The number of aryl methyl sites for hydroxylation is 1. The van der Waals surface area contributed by atoms with Crippen LogP contribution in [0.1, 0.15) is 12.3 Å². The highest BCUT2D eigenvalue weighted by molar-refractivity contribution is 9.10. The molecule has 25 heavy (non-hydrogen) atoms. The van der Waals surface area contributed by atoms with E-state index in [1.165, 1.54) is 0 Å². The van der Waals surface area contributed by atoms with Crippen LogP contribution < -0.4 is 5.32 Å². The summed E-state index contributed by atoms with van der Waals surface area (Å²) in [5, 5.41) is 2.94. The number of nitrogens with one attached hydrogen (secondary N) is 1. The van der Waals surface area contributed by atoms with Crippen molar-refractivity contribution in [1.29, 1.82) is 0 Å². The van der Waals surface area contributed by atoms with Gasteiger partial charge in [0.2, 0.25) is 5.91 Å². The Morgan fingerprint density at radius 2 is 2.08 bits per heavy atom. The van der Waals surface area contributed by atoms with Crippen LogP contribution in [0.5, 0.6) is 0 Å². The number of thioether (sulfide) groups is 1. The first-order valence-electron chi connectivity index (χ1n) is 7.79. The molecule has 3 aromatic rings. The Bertz CT molecular complexity index is 879. The van der Waals surface area contributed by atoms with Crippen LogP contribution in [-0.4, -0.2) is 17.1 Å². The molecule has 0 fully saturated rings. The van der Waals surface area contributed by atoms with Gasteiger partial charge in [0.05, 0.1) is 11.9 Å². The minimum Gasteiger partial charge on any atom is -0.441 e. The molecule has 128 valence electrons. The van der Waals surface area contributed by atoms with Crippen molar-refractivity contribution in [3.63, 3.8) is 0 Å². The lowest BCUT2D eigenvalue weighted by molar-refractivity contribution is -0.116. The number of anilines is 1. The van der Waals surface area contributed by atoms with Gasteiger partial charge in [-0.3, -0.25) is 4.79 Å². The topological polar surface area (TPSA) is 55.1 Å². The predicted molar refractivity (Wildman–Crippen MR) is 105 cm³/mol. The maximum absolute atomic E-state index is 12.2. The number of benzene rings is 2. The zero-order chi connectivity index (χ0) is 17.6. The van der Waals surface area contributed by atoms with E-state index in [1.807, 2.05) is 54.8 Å². The van der Waals surface area contributed by atoms with Crippen molar-refractivity contribution >= 4 is 39.3 Å². The van der Waals surface area contributed by atoms with Gasteiger partial charge in [0.25, 0.3) is 0 Å². The minimum atomic E-state index is -0.0521. The molecule has 0 unspecified atom stereocenters. The number of carbonyl (C=O) groups excluding carboxylic acids is 1. The summed E-state index contributed by atoms with van der Waals surface area (Å²) in [6, 6.07) is 15.6. The summed E-state index contributed by atoms with van der Waals surface area (Å²) in [4.78, 5) is 17.5. The molecular formula is C19H17BrN2O2S. The zero-order valence-electron chi connectivity index (χ0n) is 13.7. The van der Waals surface area contributed by atoms with Gasteiger partial charge in [-0.25, -0.2) is 4.98 Å². The summed E-state index contributed by atoms with van der Waals surface area (Å²) in [6.07, 6.45) is 4.46. The summed E-state index contributed by atoms with van der Waals surface area (Å²) < 4.78 is 6.74. The smallest absolute Gasteiger partial charge is 0.224 e. The second-order valence-electron chi connectivity index (χ2n) is 5.38. The molecule has 1 amide bonds. The highest BCUT2D eigenvalue weighted by Crippen LogP contribution is 2.26. The fraction of sp³-hybridized carbons (Fsp3) is 0.158. The van der Waals surface area contributed by atoms with Gasteiger partial charge in [-0.15, -0.1) is 11.8 Å². The van der Waals surface area contributed by atoms with Crippen LogP contribution in [0, 0.1) is 0 Å². The highest BCUT2D eigenvalue weighted by Gasteiger charge is 2.10. The third-order valence-electron chi connectivity index (χ3n) is 3.61. The first-order chi connectivity index (χ1) is 12.2. The Kier molecular flexibility index (Phi) is 5.94. The molecule has 3 rings (SSSR count). The SMILES string of the molecule is CSc1ccccc1NC(=O)CCc1ncc(-c2cccc(Br)c2)o1. The number of hydrogen-bond donors (Lipinski definition) is 1. The molecule has 1 heterocycles. The zero-order valence-corrected chi connectivity index (χ0v) is 16.1. The van der Waals surface area contributed by atoms with E-state index in [0.717, 1.165) is 20.6 Å². The van der Waals surface area contributed by atoms with E-state index < -0.39 is 0 Å². The van der Waals surface area contributed by atoms with Crippen molar-refractivity contribution in [3.8, 4) is 11.3 Å². The molecule has 1 N–H and O–H groups in total. The first-order valence-corrected chi connectivity index (χ1v) is 9.81. The summed E-state index contributed by atoms with van der Waals surface area (Å²) in [7, 11) is 0. The van der Waals surface area contributed by atoms with Gasteiger partial charge in [0.1, 0.15) is 0 Å². The van der Waals surface area contributed by atoms with E-state index in [1.54, 1.807) is 18.0 Å². The lowest BCUT2D eigenvalue weighted by Crippen LogP contribution is -2.13. The number of halogens is 1. The van der Waals surface area contributed by atoms with Crippen molar-refractivity contribution in [1.82, 2.24) is 4.98 Å². The lowest BCUT2D eigenvalue weighted by Gasteiger charge is -2.08. The van der Waals surface area contributed by atoms with Gasteiger partial charge in [-0.2, -0.15) is 0 Å². The monoisotopic (exact) mass is 416 g/mol. The van der Waals surface area contributed by atoms with Crippen LogP contribution in [0.2, 0.25) is 0 Å². The minimum absolute atomic E-state index is 0.0521. The van der Waals surface area contributed by atoms with Gasteiger partial charge in [-0.05, 0) is 30.5 Å². The molecule has 4 nitrogen and oxygen atoms in total. The Balaban J connectivity index is 1.59. The molecule has 0 saturated carbocycles. The number of oxazole rings is 1. The van der Waals surface area contributed by atoms with Gasteiger partial charge in [0, 0.05) is 27.8 Å². The molecular weight excluding hydrogens is 400 g/mol. The lowest BCUT2D eigenvalue weighted by atomic mass is 10.2. The van der Waals surface area contributed by atoms with Crippen molar-refractivity contribution in [2.24, 2.45) is 0 Å². The van der Waals surface area contributed by atoms with Crippen LogP contribution >= 0.6 is 27.7 Å². The maximum Gasteiger partial charge on any atom is 0.224 e. The fourth-order valence-corrected chi connectivity index (χ4v) is 3.33. The maximum atomic E-state index is 12.2. The number of para-hydroxylation sites is 1. The number of nitrogens with zero attached hydrogens (tertiary/aromatic N) is 1. The second-order valence-corrected chi connectivity index (χ2v) is 7.14. The largest absolute Gasteiger partial charge is 0.441 e. The summed E-state index contributed by atoms with van der Waals surface area (Å²) in [5.74, 6) is 1.21. The van der Waals surface area contributed by atoms with E-state index in [4.69, 9.17) is 4.42 Å². The molecule has 0 aliphatic rings. The molecule has 0 aliphatic carbocycles. The van der Waals surface area contributed by atoms with E-state index in [0.29, 0.717) is 24.5 Å². The van der Waals surface area contributed by atoms with E-state index in [9.17, 15) is 4.79 Å². The Morgan fingerprint density at radius 3 is 2.88 bits per heavy atom. The van der Waals surface area contributed by atoms with Crippen LogP contribution in [0.15, 0.2) is 68.5 Å². The Morgan fingerprint density at radius 1 is 1.24 bits per heavy atom. The number of rotatable bonds is 6. The van der Waals surface area contributed by atoms with Crippen LogP contribution in [-0.2, 0) is 11.2 Å². The van der Waals surface area contributed by atoms with Gasteiger partial charge < -0.3 is 9.73 Å². The number of hydrogen-bond acceptors (Lipinski definition) is 4. The summed E-state index contributed by atoms with van der Waals surface area (Å²) in [6.45, 7) is 0. The molecule has 0 saturated heterocycles. The molecule has 0 radical (unpaired) electrons. The molecule has 6 heteroatoms. The third-order valence-corrected chi connectivity index (χ3v) is 4.90. The van der Waals surface area contributed by atoms with Gasteiger partial charge in [-0.1, -0.05) is 40.2 Å². The predicted octanol–water partition coefficient (Wildman–Crippen LogP) is 5.40. The normalized spacial score (nSPS) is 10.6. The molecule has 2 aromatic carbocycles. The molecule has 0 bridgehead atoms. The first kappa shape index (κ1) is 17.8. The van der Waals surface area contributed by atoms with Crippen molar-refractivity contribution in [2.45, 2.75) is 17.7 Å². The van der Waals surface area contributed by atoms with E-state index in [2.05, 4.69) is 26.2 Å². The van der Waals surface area contributed by atoms with Gasteiger partial charge >= 0.3 is 0 Å². The third kappa shape index (κ3) is 4.74. The quantitative estimate of drug-likeness (QED) is 0.546. The van der Waals surface area contributed by atoms with Crippen molar-refractivity contribution in [2.75, 3.05) is 11.6 Å². The van der Waals surface area contributed by atoms with E-state index >= 15 is 0 Å². The number of aromatic nitrogens is 1. The fourth-order valence-electron chi connectivity index (χ4n) is 2.38.